The third-order valence-corrected chi connectivity index (χ3v) is 1.89. The Labute approximate surface area is 91.9 Å². The number of hydrogen-bond acceptors (Lipinski definition) is 2. The van der Waals surface area contributed by atoms with Crippen LogP contribution < -0.4 is 5.32 Å². The molecule has 1 aromatic rings. The summed E-state index contributed by atoms with van der Waals surface area (Å²) in [5.41, 5.74) is 8.50. The first-order valence-corrected chi connectivity index (χ1v) is 4.70. The van der Waals surface area contributed by atoms with Crippen LogP contribution in [0, 0.1) is 11.7 Å². The zero-order valence-electron chi connectivity index (χ0n) is 8.94. The average molecular weight is 222 g/mol. The summed E-state index contributed by atoms with van der Waals surface area (Å²) in [6.07, 6.45) is 0. The quantitative estimate of drug-likeness (QED) is 0.475. The summed E-state index contributed by atoms with van der Waals surface area (Å²) >= 11 is 0. The number of carbonyl (C=O) groups excluding carboxylic acids is 1. The van der Waals surface area contributed by atoms with E-state index in [2.05, 4.69) is 15.3 Å². The molecule has 0 heterocycles. The number of halogens is 1. The number of nitrogens with zero attached hydrogens (tertiary/aromatic N) is 3. The molecular formula is C10H11FN4O. The van der Waals surface area contributed by atoms with Crippen LogP contribution in [0.5, 0.6) is 0 Å². The van der Waals surface area contributed by atoms with Crippen molar-refractivity contribution in [3.63, 3.8) is 0 Å². The van der Waals surface area contributed by atoms with Crippen molar-refractivity contribution in [3.8, 4) is 0 Å². The van der Waals surface area contributed by atoms with Gasteiger partial charge in [-0.1, -0.05) is 19.0 Å². The summed E-state index contributed by atoms with van der Waals surface area (Å²) in [4.78, 5) is 13.9. The van der Waals surface area contributed by atoms with Crippen molar-refractivity contribution in [1.82, 2.24) is 0 Å². The van der Waals surface area contributed by atoms with E-state index in [1.165, 1.54) is 12.1 Å². The number of anilines is 1. The van der Waals surface area contributed by atoms with Crippen LogP contribution in [0.3, 0.4) is 0 Å². The van der Waals surface area contributed by atoms with Gasteiger partial charge in [-0.05, 0) is 23.7 Å². The normalized spacial score (nSPS) is 9.75. The molecule has 0 unspecified atom stereocenters. The average Bonchev–Trinajstić information content (AvgIpc) is 2.23. The highest BCUT2D eigenvalue weighted by molar-refractivity contribution is 5.92. The molecule has 0 aliphatic rings. The third kappa shape index (κ3) is 2.96. The molecule has 1 N–H and O–H groups in total. The van der Waals surface area contributed by atoms with Crippen molar-refractivity contribution in [2.24, 2.45) is 11.0 Å². The highest BCUT2D eigenvalue weighted by atomic mass is 19.1. The molecule has 1 aromatic carbocycles. The largest absolute Gasteiger partial charge is 0.323 e. The van der Waals surface area contributed by atoms with Crippen molar-refractivity contribution in [1.29, 1.82) is 0 Å². The van der Waals surface area contributed by atoms with Crippen LogP contribution in [0.25, 0.3) is 10.4 Å². The van der Waals surface area contributed by atoms with Crippen LogP contribution in [-0.4, -0.2) is 5.91 Å². The van der Waals surface area contributed by atoms with Crippen LogP contribution in [0.15, 0.2) is 23.3 Å². The van der Waals surface area contributed by atoms with Gasteiger partial charge >= 0.3 is 0 Å². The van der Waals surface area contributed by atoms with Gasteiger partial charge in [0.15, 0.2) is 0 Å². The van der Waals surface area contributed by atoms with Gasteiger partial charge in [0.2, 0.25) is 5.91 Å². The standard InChI is InChI=1S/C10H11FN4O/c1-6(2)10(16)13-9-5-7(14-15-12)3-4-8(9)11/h3-6H,1-2H3,(H,13,16). The molecule has 1 amide bonds. The van der Waals surface area contributed by atoms with Crippen LogP contribution in [-0.2, 0) is 4.79 Å². The maximum atomic E-state index is 13.3. The lowest BCUT2D eigenvalue weighted by atomic mass is 10.2. The van der Waals surface area contributed by atoms with Gasteiger partial charge in [0.05, 0.1) is 5.69 Å². The van der Waals surface area contributed by atoms with Gasteiger partial charge in [-0.2, -0.15) is 0 Å². The van der Waals surface area contributed by atoms with Crippen LogP contribution >= 0.6 is 0 Å². The Hall–Kier alpha value is -2.07. The number of azide groups is 1. The maximum Gasteiger partial charge on any atom is 0.227 e. The summed E-state index contributed by atoms with van der Waals surface area (Å²) in [6.45, 7) is 3.40. The first kappa shape index (κ1) is 12.0. The van der Waals surface area contributed by atoms with Gasteiger partial charge in [-0.15, -0.1) is 0 Å². The van der Waals surface area contributed by atoms with Gasteiger partial charge in [0.25, 0.3) is 0 Å². The highest BCUT2D eigenvalue weighted by Crippen LogP contribution is 2.22. The Morgan fingerprint density at radius 2 is 2.25 bits per heavy atom. The summed E-state index contributed by atoms with van der Waals surface area (Å²) in [5.74, 6) is -1.11. The van der Waals surface area contributed by atoms with Crippen molar-refractivity contribution < 1.29 is 9.18 Å². The lowest BCUT2D eigenvalue weighted by molar-refractivity contribution is -0.118. The van der Waals surface area contributed by atoms with E-state index in [0.717, 1.165) is 6.07 Å². The number of carbonyl (C=O) groups is 1. The summed E-state index contributed by atoms with van der Waals surface area (Å²) in [5, 5.41) is 5.73. The van der Waals surface area contributed by atoms with Crippen molar-refractivity contribution >= 4 is 17.3 Å². The first-order valence-electron chi connectivity index (χ1n) is 4.70. The molecule has 0 aliphatic carbocycles. The number of benzene rings is 1. The Bertz CT molecular complexity index is 452. The lowest BCUT2D eigenvalue weighted by Crippen LogP contribution is -2.18. The lowest BCUT2D eigenvalue weighted by Gasteiger charge is -2.08. The molecule has 0 atom stereocenters. The smallest absolute Gasteiger partial charge is 0.227 e. The summed E-state index contributed by atoms with van der Waals surface area (Å²) in [6, 6.07) is 3.76. The van der Waals surface area contributed by atoms with E-state index in [1.807, 2.05) is 0 Å². The van der Waals surface area contributed by atoms with Gasteiger partial charge in [0.1, 0.15) is 5.82 Å². The number of rotatable bonds is 3. The predicted octanol–water partition coefficient (Wildman–Crippen LogP) is 3.36. The molecule has 0 aromatic heterocycles. The molecule has 0 saturated heterocycles. The molecular weight excluding hydrogens is 211 g/mol. The van der Waals surface area contributed by atoms with Crippen LogP contribution in [0.4, 0.5) is 15.8 Å². The fraction of sp³-hybridized carbons (Fsp3) is 0.300. The van der Waals surface area contributed by atoms with E-state index in [-0.39, 0.29) is 23.2 Å². The van der Waals surface area contributed by atoms with E-state index in [1.54, 1.807) is 13.8 Å². The number of hydrogen-bond donors (Lipinski definition) is 1. The summed E-state index contributed by atoms with van der Waals surface area (Å²) in [7, 11) is 0. The maximum absolute atomic E-state index is 13.3. The van der Waals surface area contributed by atoms with Gasteiger partial charge in [-0.25, -0.2) is 4.39 Å². The molecule has 5 nitrogen and oxygen atoms in total. The van der Waals surface area contributed by atoms with Gasteiger partial charge in [0, 0.05) is 16.5 Å². The van der Waals surface area contributed by atoms with E-state index in [0.29, 0.717) is 0 Å². The van der Waals surface area contributed by atoms with Crippen molar-refractivity contribution in [2.75, 3.05) is 5.32 Å². The SMILES string of the molecule is CC(C)C(=O)Nc1cc(N=[N+]=[N-])ccc1F. The fourth-order valence-corrected chi connectivity index (χ4v) is 1.000. The Morgan fingerprint density at radius 1 is 1.56 bits per heavy atom. The van der Waals surface area contributed by atoms with E-state index < -0.39 is 5.82 Å². The highest BCUT2D eigenvalue weighted by Gasteiger charge is 2.10. The van der Waals surface area contributed by atoms with Crippen molar-refractivity contribution in [3.05, 3.63) is 34.5 Å². The molecule has 0 radical (unpaired) electrons. The minimum atomic E-state index is -0.564. The minimum absolute atomic E-state index is 0.0172. The van der Waals surface area contributed by atoms with Crippen LogP contribution in [0.2, 0.25) is 0 Å². The number of nitrogens with one attached hydrogen (secondary N) is 1. The van der Waals surface area contributed by atoms with Crippen LogP contribution in [0.1, 0.15) is 13.8 Å². The second-order valence-corrected chi connectivity index (χ2v) is 3.50. The monoisotopic (exact) mass is 222 g/mol. The first-order chi connectivity index (χ1) is 7.54. The minimum Gasteiger partial charge on any atom is -0.323 e. The van der Waals surface area contributed by atoms with E-state index in [9.17, 15) is 9.18 Å². The molecule has 0 spiro atoms. The molecule has 0 bridgehead atoms. The fourth-order valence-electron chi connectivity index (χ4n) is 1.000. The second-order valence-electron chi connectivity index (χ2n) is 3.50. The molecule has 0 saturated carbocycles. The summed E-state index contributed by atoms with van der Waals surface area (Å²) < 4.78 is 13.3. The number of amides is 1. The second kappa shape index (κ2) is 5.14. The van der Waals surface area contributed by atoms with Gasteiger partial charge in [-0.3, -0.25) is 4.79 Å². The molecule has 0 aliphatic heterocycles. The van der Waals surface area contributed by atoms with Gasteiger partial charge < -0.3 is 5.32 Å². The Kier molecular flexibility index (Phi) is 3.85. The topological polar surface area (TPSA) is 77.9 Å². The molecule has 1 rings (SSSR count). The van der Waals surface area contributed by atoms with E-state index >= 15 is 0 Å². The third-order valence-electron chi connectivity index (χ3n) is 1.89. The molecule has 84 valence electrons. The molecule has 16 heavy (non-hydrogen) atoms. The Balaban J connectivity index is 2.98. The Morgan fingerprint density at radius 3 is 2.81 bits per heavy atom. The predicted molar refractivity (Wildman–Crippen MR) is 58.7 cm³/mol. The zero-order valence-corrected chi connectivity index (χ0v) is 8.94. The molecule has 6 heteroatoms. The zero-order chi connectivity index (χ0) is 12.1. The molecule has 0 fully saturated rings. The van der Waals surface area contributed by atoms with E-state index in [4.69, 9.17) is 5.53 Å². The van der Waals surface area contributed by atoms with Crippen molar-refractivity contribution in [2.45, 2.75) is 13.8 Å².